The maximum absolute atomic E-state index is 12.7. The van der Waals surface area contributed by atoms with Crippen molar-refractivity contribution in [3.8, 4) is 0 Å². The van der Waals surface area contributed by atoms with Gasteiger partial charge in [-0.05, 0) is 44.5 Å². The van der Waals surface area contributed by atoms with Crippen molar-refractivity contribution in [2.45, 2.75) is 44.2 Å². The Balaban J connectivity index is 2.16. The number of rotatable bonds is 5. The van der Waals surface area contributed by atoms with E-state index in [1.165, 1.54) is 16.4 Å². The van der Waals surface area contributed by atoms with E-state index in [1.807, 2.05) is 20.8 Å². The number of morpholine rings is 1. The van der Waals surface area contributed by atoms with E-state index in [9.17, 15) is 13.2 Å². The molecule has 1 aromatic rings. The van der Waals surface area contributed by atoms with Gasteiger partial charge in [0.05, 0.1) is 18.1 Å². The largest absolute Gasteiger partial charge is 0.378 e. The van der Waals surface area contributed by atoms with Gasteiger partial charge in [0.2, 0.25) is 10.0 Å². The topological polar surface area (TPSA) is 75.7 Å². The molecule has 1 aliphatic rings. The molecule has 128 valence electrons. The number of amides is 1. The second-order valence-electron chi connectivity index (χ2n) is 5.85. The predicted molar refractivity (Wildman–Crippen MR) is 87.8 cm³/mol. The maximum Gasteiger partial charge on any atom is 0.251 e. The van der Waals surface area contributed by atoms with Crippen LogP contribution < -0.4 is 5.32 Å². The molecule has 0 aromatic heterocycles. The highest BCUT2D eigenvalue weighted by molar-refractivity contribution is 7.89. The van der Waals surface area contributed by atoms with Gasteiger partial charge in [-0.2, -0.15) is 4.31 Å². The molecule has 6 nitrogen and oxygen atoms in total. The van der Waals surface area contributed by atoms with E-state index in [4.69, 9.17) is 4.74 Å². The van der Waals surface area contributed by atoms with Crippen molar-refractivity contribution in [2.75, 3.05) is 19.8 Å². The first kappa shape index (κ1) is 17.9. The number of benzene rings is 1. The second kappa shape index (κ2) is 7.42. The van der Waals surface area contributed by atoms with Crippen molar-refractivity contribution in [1.82, 2.24) is 9.62 Å². The Kier molecular flexibility index (Phi) is 5.78. The van der Waals surface area contributed by atoms with Gasteiger partial charge >= 0.3 is 0 Å². The molecule has 0 spiro atoms. The Hall–Kier alpha value is -1.44. The lowest BCUT2D eigenvalue weighted by Crippen LogP contribution is -2.46. The van der Waals surface area contributed by atoms with Gasteiger partial charge in [0, 0.05) is 24.2 Å². The molecule has 0 aliphatic carbocycles. The molecule has 23 heavy (non-hydrogen) atoms. The summed E-state index contributed by atoms with van der Waals surface area (Å²) in [6.45, 7) is 6.89. The number of nitrogens with zero attached hydrogens (tertiary/aromatic N) is 1. The van der Waals surface area contributed by atoms with E-state index in [2.05, 4.69) is 5.32 Å². The number of hydrogen-bond acceptors (Lipinski definition) is 4. The molecule has 1 aromatic carbocycles. The molecule has 2 atom stereocenters. The highest BCUT2D eigenvalue weighted by atomic mass is 32.2. The summed E-state index contributed by atoms with van der Waals surface area (Å²) < 4.78 is 32.1. The Labute approximate surface area is 137 Å². The lowest BCUT2D eigenvalue weighted by atomic mass is 10.2. The third-order valence-corrected chi connectivity index (χ3v) is 6.05. The van der Waals surface area contributed by atoms with E-state index in [0.29, 0.717) is 25.3 Å². The smallest absolute Gasteiger partial charge is 0.251 e. The molecule has 2 rings (SSSR count). The van der Waals surface area contributed by atoms with E-state index in [1.54, 1.807) is 12.1 Å². The molecule has 1 heterocycles. The van der Waals surface area contributed by atoms with Crippen LogP contribution in [-0.2, 0) is 14.8 Å². The summed E-state index contributed by atoms with van der Waals surface area (Å²) in [6.07, 6.45) is 0.840. The van der Waals surface area contributed by atoms with Crippen LogP contribution in [0.4, 0.5) is 0 Å². The first-order valence-corrected chi connectivity index (χ1v) is 9.30. The van der Waals surface area contributed by atoms with Crippen LogP contribution in [-0.4, -0.2) is 50.5 Å². The fourth-order valence-electron chi connectivity index (χ4n) is 2.39. The zero-order valence-electron chi connectivity index (χ0n) is 13.8. The molecular formula is C16H24N2O4S. The monoisotopic (exact) mass is 340 g/mol. The average molecular weight is 340 g/mol. The Morgan fingerprint density at radius 3 is 2.61 bits per heavy atom. The van der Waals surface area contributed by atoms with Crippen molar-refractivity contribution in [3.63, 3.8) is 0 Å². The zero-order chi connectivity index (χ0) is 17.0. The van der Waals surface area contributed by atoms with Gasteiger partial charge in [0.15, 0.2) is 0 Å². The van der Waals surface area contributed by atoms with Crippen molar-refractivity contribution in [2.24, 2.45) is 0 Å². The van der Waals surface area contributed by atoms with Gasteiger partial charge < -0.3 is 10.1 Å². The summed E-state index contributed by atoms with van der Waals surface area (Å²) in [5.74, 6) is -0.192. The molecule has 1 fully saturated rings. The maximum atomic E-state index is 12.7. The molecule has 1 saturated heterocycles. The fraction of sp³-hybridized carbons (Fsp3) is 0.562. The molecule has 1 aliphatic heterocycles. The lowest BCUT2D eigenvalue weighted by molar-refractivity contribution is 0.0393. The minimum Gasteiger partial charge on any atom is -0.378 e. The van der Waals surface area contributed by atoms with Gasteiger partial charge in [-0.1, -0.05) is 6.92 Å². The summed E-state index contributed by atoms with van der Waals surface area (Å²) in [7, 11) is -3.56. The van der Waals surface area contributed by atoms with Crippen molar-refractivity contribution in [3.05, 3.63) is 29.8 Å². The molecule has 1 amide bonds. The number of hydrogen-bond donors (Lipinski definition) is 1. The van der Waals surface area contributed by atoms with Crippen LogP contribution in [0.1, 0.15) is 37.6 Å². The third kappa shape index (κ3) is 4.10. The molecular weight excluding hydrogens is 316 g/mol. The summed E-state index contributed by atoms with van der Waals surface area (Å²) >= 11 is 0. The summed E-state index contributed by atoms with van der Waals surface area (Å²) in [4.78, 5) is 12.2. The van der Waals surface area contributed by atoms with E-state index in [0.717, 1.165) is 6.42 Å². The lowest BCUT2D eigenvalue weighted by Gasteiger charge is -2.32. The molecule has 7 heteroatoms. The third-order valence-electron chi connectivity index (χ3n) is 4.02. The molecule has 1 N–H and O–H groups in total. The van der Waals surface area contributed by atoms with Crippen molar-refractivity contribution in [1.29, 1.82) is 0 Å². The van der Waals surface area contributed by atoms with Gasteiger partial charge in [-0.25, -0.2) is 8.42 Å². The Morgan fingerprint density at radius 2 is 2.04 bits per heavy atom. The first-order chi connectivity index (χ1) is 10.9. The van der Waals surface area contributed by atoms with Gasteiger partial charge in [0.25, 0.3) is 5.91 Å². The minimum absolute atomic E-state index is 0.0834. The van der Waals surface area contributed by atoms with Crippen LogP contribution in [0.5, 0.6) is 0 Å². The van der Waals surface area contributed by atoms with Crippen molar-refractivity contribution >= 4 is 15.9 Å². The van der Waals surface area contributed by atoms with Crippen LogP contribution in [0.2, 0.25) is 0 Å². The molecule has 0 bridgehead atoms. The first-order valence-electron chi connectivity index (χ1n) is 7.86. The van der Waals surface area contributed by atoms with Crippen LogP contribution in [0, 0.1) is 0 Å². The molecule has 0 saturated carbocycles. The number of nitrogens with one attached hydrogen (secondary N) is 1. The normalized spacial score (nSPS) is 20.9. The SMILES string of the molecule is CCC(C)NC(=O)c1ccc(S(=O)(=O)N2CCOCC2C)cc1. The Bertz CT molecular complexity index is 643. The fourth-order valence-corrected chi connectivity index (χ4v) is 3.99. The van der Waals surface area contributed by atoms with E-state index >= 15 is 0 Å². The van der Waals surface area contributed by atoms with Crippen LogP contribution in [0.25, 0.3) is 0 Å². The van der Waals surface area contributed by atoms with Gasteiger partial charge in [0.1, 0.15) is 0 Å². The van der Waals surface area contributed by atoms with Gasteiger partial charge in [-0.15, -0.1) is 0 Å². The highest BCUT2D eigenvalue weighted by Crippen LogP contribution is 2.21. The highest BCUT2D eigenvalue weighted by Gasteiger charge is 2.31. The quantitative estimate of drug-likeness (QED) is 0.884. The van der Waals surface area contributed by atoms with Crippen LogP contribution in [0.3, 0.4) is 0 Å². The number of ether oxygens (including phenoxy) is 1. The molecule has 0 radical (unpaired) electrons. The summed E-state index contributed by atoms with van der Waals surface area (Å²) in [6, 6.07) is 5.97. The summed E-state index contributed by atoms with van der Waals surface area (Å²) in [5, 5.41) is 2.86. The van der Waals surface area contributed by atoms with Crippen molar-refractivity contribution < 1.29 is 17.9 Å². The zero-order valence-corrected chi connectivity index (χ0v) is 14.6. The summed E-state index contributed by atoms with van der Waals surface area (Å²) in [5.41, 5.74) is 0.458. The minimum atomic E-state index is -3.56. The number of carbonyl (C=O) groups is 1. The molecule has 2 unspecified atom stereocenters. The van der Waals surface area contributed by atoms with Crippen LogP contribution in [0.15, 0.2) is 29.2 Å². The van der Waals surface area contributed by atoms with E-state index < -0.39 is 10.0 Å². The Morgan fingerprint density at radius 1 is 1.39 bits per heavy atom. The predicted octanol–water partition coefficient (Wildman–Crippen LogP) is 1.62. The van der Waals surface area contributed by atoms with E-state index in [-0.39, 0.29) is 22.9 Å². The average Bonchev–Trinajstić information content (AvgIpc) is 2.55. The van der Waals surface area contributed by atoms with Crippen LogP contribution >= 0.6 is 0 Å². The number of sulfonamides is 1. The number of carbonyl (C=O) groups excluding carboxylic acids is 1. The standard InChI is InChI=1S/C16H24N2O4S/c1-4-12(2)17-16(19)14-5-7-15(8-6-14)23(20,21)18-9-10-22-11-13(18)3/h5-8,12-13H,4,9-11H2,1-3H3,(H,17,19). The van der Waals surface area contributed by atoms with Gasteiger partial charge in [-0.3, -0.25) is 4.79 Å². The second-order valence-corrected chi connectivity index (χ2v) is 7.74.